The van der Waals surface area contributed by atoms with Gasteiger partial charge in [-0.2, -0.15) is 0 Å². The lowest BCUT2D eigenvalue weighted by Gasteiger charge is -2.33. The van der Waals surface area contributed by atoms with Gasteiger partial charge >= 0.3 is 5.97 Å². The molecule has 2 aromatic rings. The molecule has 8 nitrogen and oxygen atoms in total. The van der Waals surface area contributed by atoms with Crippen molar-refractivity contribution < 1.29 is 27.5 Å². The van der Waals surface area contributed by atoms with Crippen molar-refractivity contribution >= 4 is 33.3 Å². The molecule has 3 rings (SSSR count). The molecule has 1 aliphatic heterocycles. The second-order valence-corrected chi connectivity index (χ2v) is 9.01. The van der Waals surface area contributed by atoms with E-state index in [1.807, 2.05) is 6.92 Å². The Morgan fingerprint density at radius 1 is 1.20 bits per heavy atom. The van der Waals surface area contributed by atoms with Gasteiger partial charge in [-0.1, -0.05) is 6.07 Å². The molecular weight excluding hydrogens is 408 g/mol. The summed E-state index contributed by atoms with van der Waals surface area (Å²) in [6.07, 6.45) is -0.488. The first kappa shape index (κ1) is 21.6. The summed E-state index contributed by atoms with van der Waals surface area (Å²) in [5.41, 5.74) is 0.858. The van der Waals surface area contributed by atoms with Crippen LogP contribution in [0.1, 0.15) is 38.1 Å². The van der Waals surface area contributed by atoms with E-state index in [9.17, 15) is 18.0 Å². The van der Waals surface area contributed by atoms with Crippen molar-refractivity contribution in [2.75, 3.05) is 16.2 Å². The van der Waals surface area contributed by atoms with Crippen LogP contribution in [0.3, 0.4) is 0 Å². The molecule has 2 aromatic carbocycles. The monoisotopic (exact) mass is 432 g/mol. The van der Waals surface area contributed by atoms with Gasteiger partial charge in [0.25, 0.3) is 10.0 Å². The van der Waals surface area contributed by atoms with Crippen molar-refractivity contribution in [3.63, 3.8) is 0 Å². The van der Waals surface area contributed by atoms with E-state index in [4.69, 9.17) is 9.47 Å². The number of nitrogens with zero attached hydrogens (tertiary/aromatic N) is 1. The molecule has 0 fully saturated rings. The summed E-state index contributed by atoms with van der Waals surface area (Å²) in [4.78, 5) is 25.5. The summed E-state index contributed by atoms with van der Waals surface area (Å²) in [7, 11) is -3.97. The maximum Gasteiger partial charge on any atom is 0.338 e. The van der Waals surface area contributed by atoms with Crippen molar-refractivity contribution in [2.45, 2.75) is 44.8 Å². The fourth-order valence-electron chi connectivity index (χ4n) is 3.09. The Morgan fingerprint density at radius 2 is 1.93 bits per heavy atom. The third kappa shape index (κ3) is 4.73. The molecule has 0 spiro atoms. The van der Waals surface area contributed by atoms with Crippen LogP contribution in [0, 0.1) is 0 Å². The second kappa shape index (κ2) is 8.35. The van der Waals surface area contributed by atoms with E-state index in [1.54, 1.807) is 26.0 Å². The molecule has 9 heteroatoms. The van der Waals surface area contributed by atoms with Crippen molar-refractivity contribution in [1.29, 1.82) is 0 Å². The van der Waals surface area contributed by atoms with E-state index in [-0.39, 0.29) is 34.3 Å². The number of esters is 1. The van der Waals surface area contributed by atoms with Crippen LogP contribution in [0.15, 0.2) is 47.4 Å². The molecule has 1 N–H and O–H groups in total. The Hall–Kier alpha value is -3.07. The zero-order valence-corrected chi connectivity index (χ0v) is 18.0. The summed E-state index contributed by atoms with van der Waals surface area (Å²) in [5, 5.41) is 0. The minimum atomic E-state index is -3.97. The Morgan fingerprint density at radius 3 is 2.60 bits per heavy atom. The molecule has 1 unspecified atom stereocenters. The highest BCUT2D eigenvalue weighted by molar-refractivity contribution is 7.92. The second-order valence-electron chi connectivity index (χ2n) is 7.33. The maximum absolute atomic E-state index is 12.9. The van der Waals surface area contributed by atoms with E-state index < -0.39 is 16.0 Å². The van der Waals surface area contributed by atoms with Gasteiger partial charge in [0.05, 0.1) is 28.8 Å². The fraction of sp³-hybridized carbons (Fsp3) is 0.333. The van der Waals surface area contributed by atoms with Gasteiger partial charge in [0.2, 0.25) is 5.91 Å². The quantitative estimate of drug-likeness (QED) is 0.728. The summed E-state index contributed by atoms with van der Waals surface area (Å²) in [5.74, 6) is -0.296. The Bertz CT molecular complexity index is 1080. The number of benzene rings is 2. The van der Waals surface area contributed by atoms with Crippen LogP contribution >= 0.6 is 0 Å². The molecule has 160 valence electrons. The molecule has 1 atom stereocenters. The van der Waals surface area contributed by atoms with Crippen LogP contribution in [-0.4, -0.2) is 39.0 Å². The zero-order valence-electron chi connectivity index (χ0n) is 17.2. The topological polar surface area (TPSA) is 102 Å². The molecule has 30 heavy (non-hydrogen) atoms. The van der Waals surface area contributed by atoms with E-state index in [0.29, 0.717) is 18.0 Å². The number of carbonyl (C=O) groups excluding carboxylic acids is 2. The molecule has 0 bridgehead atoms. The SMILES string of the molecule is CC(=O)N1CC(C)Oc2ccc(S(=O)(=O)Nc3cccc(C(=O)OC(C)C)c3)cc21. The lowest BCUT2D eigenvalue weighted by Crippen LogP contribution is -2.41. The van der Waals surface area contributed by atoms with E-state index in [0.717, 1.165) is 0 Å². The highest BCUT2D eigenvalue weighted by Crippen LogP contribution is 2.36. The molecule has 1 heterocycles. The Kier molecular flexibility index (Phi) is 6.02. The predicted octanol–water partition coefficient (Wildman–Crippen LogP) is 3.19. The minimum absolute atomic E-state index is 0.0270. The smallest absolute Gasteiger partial charge is 0.338 e. The number of amides is 1. The summed E-state index contributed by atoms with van der Waals surface area (Å²) in [6, 6.07) is 10.4. The van der Waals surface area contributed by atoms with Gasteiger partial charge in [-0.05, 0) is 57.2 Å². The van der Waals surface area contributed by atoms with E-state index >= 15 is 0 Å². The summed E-state index contributed by atoms with van der Waals surface area (Å²) in [6.45, 7) is 7.05. The number of anilines is 2. The van der Waals surface area contributed by atoms with Gasteiger partial charge in [0.15, 0.2) is 0 Å². The molecule has 0 saturated heterocycles. The lowest BCUT2D eigenvalue weighted by molar-refractivity contribution is -0.117. The van der Waals surface area contributed by atoms with Gasteiger partial charge in [-0.15, -0.1) is 0 Å². The van der Waals surface area contributed by atoms with Crippen LogP contribution in [0.4, 0.5) is 11.4 Å². The molecule has 1 amide bonds. The highest BCUT2D eigenvalue weighted by Gasteiger charge is 2.28. The average Bonchev–Trinajstić information content (AvgIpc) is 2.66. The number of hydrogen-bond acceptors (Lipinski definition) is 6. The van der Waals surface area contributed by atoms with Crippen LogP contribution in [0.5, 0.6) is 5.75 Å². The number of sulfonamides is 1. The standard InChI is InChI=1S/C21H24N2O6S/c1-13(2)28-21(25)16-6-5-7-17(10-16)22-30(26,27)18-8-9-20-19(11-18)23(15(4)24)12-14(3)29-20/h5-11,13-14,22H,12H2,1-4H3. The summed E-state index contributed by atoms with van der Waals surface area (Å²) < 4.78 is 39.1. The van der Waals surface area contributed by atoms with E-state index in [2.05, 4.69) is 4.72 Å². The third-order valence-corrected chi connectivity index (χ3v) is 5.75. The fourth-order valence-corrected chi connectivity index (χ4v) is 4.16. The number of carbonyl (C=O) groups is 2. The van der Waals surface area contributed by atoms with Crippen molar-refractivity contribution in [3.8, 4) is 5.75 Å². The number of fused-ring (bicyclic) bond motifs is 1. The van der Waals surface area contributed by atoms with Crippen molar-refractivity contribution in [2.24, 2.45) is 0 Å². The summed E-state index contributed by atoms with van der Waals surface area (Å²) >= 11 is 0. The number of ether oxygens (including phenoxy) is 2. The van der Waals surface area contributed by atoms with Gasteiger partial charge < -0.3 is 14.4 Å². The number of hydrogen-bond donors (Lipinski definition) is 1. The molecule has 0 aliphatic carbocycles. The molecule has 0 saturated carbocycles. The normalized spacial score (nSPS) is 15.9. The maximum atomic E-state index is 12.9. The van der Waals surface area contributed by atoms with Gasteiger partial charge in [-0.25, -0.2) is 13.2 Å². The minimum Gasteiger partial charge on any atom is -0.487 e. The van der Waals surface area contributed by atoms with E-state index in [1.165, 1.54) is 42.2 Å². The number of nitrogens with one attached hydrogen (secondary N) is 1. The highest BCUT2D eigenvalue weighted by atomic mass is 32.2. The third-order valence-electron chi connectivity index (χ3n) is 4.37. The van der Waals surface area contributed by atoms with Crippen LogP contribution < -0.4 is 14.4 Å². The van der Waals surface area contributed by atoms with Gasteiger partial charge in [0.1, 0.15) is 11.9 Å². The number of rotatable bonds is 5. The Balaban J connectivity index is 1.89. The van der Waals surface area contributed by atoms with Crippen molar-refractivity contribution in [1.82, 2.24) is 0 Å². The van der Waals surface area contributed by atoms with Crippen LogP contribution in [-0.2, 0) is 19.6 Å². The first-order valence-corrected chi connectivity index (χ1v) is 11.0. The largest absolute Gasteiger partial charge is 0.487 e. The molecular formula is C21H24N2O6S. The van der Waals surface area contributed by atoms with Gasteiger partial charge in [-0.3, -0.25) is 9.52 Å². The average molecular weight is 432 g/mol. The Labute approximate surface area is 175 Å². The molecule has 0 aromatic heterocycles. The van der Waals surface area contributed by atoms with Crippen molar-refractivity contribution in [3.05, 3.63) is 48.0 Å². The zero-order chi connectivity index (χ0) is 22.1. The first-order chi connectivity index (χ1) is 14.1. The van der Waals surface area contributed by atoms with Gasteiger partial charge in [0, 0.05) is 12.6 Å². The molecule has 0 radical (unpaired) electrons. The van der Waals surface area contributed by atoms with Crippen LogP contribution in [0.25, 0.3) is 0 Å². The predicted molar refractivity (Wildman–Crippen MR) is 112 cm³/mol. The van der Waals surface area contributed by atoms with Crippen LogP contribution in [0.2, 0.25) is 0 Å². The molecule has 1 aliphatic rings. The first-order valence-electron chi connectivity index (χ1n) is 9.49. The lowest BCUT2D eigenvalue weighted by atomic mass is 10.2.